The van der Waals surface area contributed by atoms with Crippen molar-refractivity contribution in [2.24, 2.45) is 5.41 Å². The minimum Gasteiger partial charge on any atom is -0.497 e. The van der Waals surface area contributed by atoms with E-state index in [4.69, 9.17) is 4.74 Å². The number of carbonyl (C=O) groups excluding carboxylic acids is 4. The number of aliphatic hydroxyl groups excluding tert-OH is 1. The van der Waals surface area contributed by atoms with E-state index in [0.717, 1.165) is 24.0 Å². The number of nitrogens with one attached hydrogen (secondary N) is 2. The summed E-state index contributed by atoms with van der Waals surface area (Å²) in [5.74, 6) is -1.72. The number of anilines is 1. The lowest BCUT2D eigenvalue weighted by Crippen LogP contribution is -2.49. The Morgan fingerprint density at radius 3 is 2.16 bits per heavy atom. The third kappa shape index (κ3) is 10.5. The summed E-state index contributed by atoms with van der Waals surface area (Å²) in [6, 6.07) is 21.8. The van der Waals surface area contributed by atoms with Crippen molar-refractivity contribution in [3.8, 4) is 5.75 Å². The van der Waals surface area contributed by atoms with Gasteiger partial charge in [0.15, 0.2) is 6.29 Å². The first kappa shape index (κ1) is 40.9. The molecule has 0 bridgehead atoms. The molecule has 1 aliphatic heterocycles. The molecule has 2 fully saturated rings. The van der Waals surface area contributed by atoms with Crippen molar-refractivity contribution in [1.82, 2.24) is 15.5 Å². The Morgan fingerprint density at radius 1 is 0.909 bits per heavy atom. The summed E-state index contributed by atoms with van der Waals surface area (Å²) in [5.41, 5.74) is 2.24. The Hall–Kier alpha value is -5.27. The van der Waals surface area contributed by atoms with Crippen LogP contribution in [0.25, 0.3) is 0 Å². The van der Waals surface area contributed by atoms with Gasteiger partial charge in [-0.05, 0) is 73.1 Å². The first-order chi connectivity index (χ1) is 26.4. The van der Waals surface area contributed by atoms with Crippen LogP contribution in [-0.4, -0.2) is 88.0 Å². The summed E-state index contributed by atoms with van der Waals surface area (Å²) < 4.78 is 5.30. The SMILES string of the molecule is COc1ccc(CC2C(=O)N(c3ccc(CC(NC(=O)C4(CCNC(C)=O)CCCC4)C(=O)O)cc3)C(CCc3ccccc3)N2C(=O)CCC(O)O)cc1. The lowest BCUT2D eigenvalue weighted by atomic mass is 9.81. The average Bonchev–Trinajstić information content (AvgIpc) is 3.76. The molecule has 13 nitrogen and oxygen atoms in total. The number of benzene rings is 3. The fraction of sp³-hybridized carbons (Fsp3) is 0.452. The van der Waals surface area contributed by atoms with E-state index in [1.54, 1.807) is 53.3 Å². The number of carboxylic acid groups (broad SMARTS) is 1. The minimum absolute atomic E-state index is 0.00268. The van der Waals surface area contributed by atoms with Crippen LogP contribution in [0.15, 0.2) is 78.9 Å². The van der Waals surface area contributed by atoms with Crippen LogP contribution >= 0.6 is 0 Å². The molecular weight excluding hydrogens is 704 g/mol. The maximum absolute atomic E-state index is 14.5. The second kappa shape index (κ2) is 18.9. The highest BCUT2D eigenvalue weighted by molar-refractivity contribution is 6.03. The van der Waals surface area contributed by atoms with Gasteiger partial charge in [-0.3, -0.25) is 24.1 Å². The maximum Gasteiger partial charge on any atom is 0.326 e. The van der Waals surface area contributed by atoms with Gasteiger partial charge in [0.2, 0.25) is 17.7 Å². The van der Waals surface area contributed by atoms with Crippen molar-refractivity contribution < 1.29 is 44.0 Å². The van der Waals surface area contributed by atoms with Crippen LogP contribution in [0.4, 0.5) is 5.69 Å². The molecular formula is C42H52N4O9. The van der Waals surface area contributed by atoms with E-state index < -0.39 is 35.9 Å². The second-order valence-electron chi connectivity index (χ2n) is 14.6. The highest BCUT2D eigenvalue weighted by Gasteiger charge is 2.48. The molecule has 1 saturated heterocycles. The van der Waals surface area contributed by atoms with Crippen molar-refractivity contribution in [1.29, 1.82) is 0 Å². The van der Waals surface area contributed by atoms with Crippen molar-refractivity contribution in [2.75, 3.05) is 18.6 Å². The van der Waals surface area contributed by atoms with Crippen molar-refractivity contribution >= 4 is 35.3 Å². The Balaban J connectivity index is 1.41. The molecule has 4 amide bonds. The van der Waals surface area contributed by atoms with Gasteiger partial charge in [0, 0.05) is 44.8 Å². The molecule has 1 heterocycles. The molecule has 13 heteroatoms. The number of hydrogen-bond acceptors (Lipinski definition) is 8. The average molecular weight is 757 g/mol. The van der Waals surface area contributed by atoms with Crippen molar-refractivity contribution in [2.45, 2.75) is 102 Å². The van der Waals surface area contributed by atoms with E-state index in [1.165, 1.54) is 6.92 Å². The van der Waals surface area contributed by atoms with Gasteiger partial charge >= 0.3 is 5.97 Å². The van der Waals surface area contributed by atoms with Gasteiger partial charge in [-0.25, -0.2) is 4.79 Å². The first-order valence-corrected chi connectivity index (χ1v) is 18.9. The number of nitrogens with zero attached hydrogens (tertiary/aromatic N) is 2. The number of aliphatic carboxylic acids is 1. The van der Waals surface area contributed by atoms with Gasteiger partial charge in [-0.15, -0.1) is 0 Å². The molecule has 3 atom stereocenters. The molecule has 0 aromatic heterocycles. The van der Waals surface area contributed by atoms with Gasteiger partial charge in [0.1, 0.15) is 24.0 Å². The van der Waals surface area contributed by atoms with Crippen LogP contribution in [0, 0.1) is 5.41 Å². The number of hydrogen-bond donors (Lipinski definition) is 5. The monoisotopic (exact) mass is 756 g/mol. The lowest BCUT2D eigenvalue weighted by Gasteiger charge is -2.32. The fourth-order valence-electron chi connectivity index (χ4n) is 7.82. The minimum atomic E-state index is -1.68. The van der Waals surface area contributed by atoms with Crippen molar-refractivity contribution in [3.05, 3.63) is 95.6 Å². The first-order valence-electron chi connectivity index (χ1n) is 18.9. The number of amides is 4. The summed E-state index contributed by atoms with van der Waals surface area (Å²) in [7, 11) is 1.56. The molecule has 3 aromatic carbocycles. The number of carboxylic acids is 1. The highest BCUT2D eigenvalue weighted by Crippen LogP contribution is 2.41. The summed E-state index contributed by atoms with van der Waals surface area (Å²) in [5, 5.41) is 34.9. The Bertz CT molecular complexity index is 1780. The van der Waals surface area contributed by atoms with Crippen LogP contribution in [0.1, 0.15) is 75.0 Å². The zero-order chi connectivity index (χ0) is 39.5. The predicted octanol–water partition coefficient (Wildman–Crippen LogP) is 3.73. The maximum atomic E-state index is 14.5. The molecule has 55 heavy (non-hydrogen) atoms. The zero-order valence-electron chi connectivity index (χ0n) is 31.5. The Kier molecular flexibility index (Phi) is 14.0. The number of aryl methyl sites for hydroxylation is 1. The van der Waals surface area contributed by atoms with Crippen LogP contribution in [-0.2, 0) is 43.2 Å². The second-order valence-corrected chi connectivity index (χ2v) is 14.6. The highest BCUT2D eigenvalue weighted by atomic mass is 16.5. The van der Waals surface area contributed by atoms with Crippen LogP contribution in [0.2, 0.25) is 0 Å². The third-order valence-electron chi connectivity index (χ3n) is 10.8. The summed E-state index contributed by atoms with van der Waals surface area (Å²) in [6.45, 7) is 1.75. The zero-order valence-corrected chi connectivity index (χ0v) is 31.5. The predicted molar refractivity (Wildman–Crippen MR) is 205 cm³/mol. The molecule has 1 saturated carbocycles. The van der Waals surface area contributed by atoms with Gasteiger partial charge < -0.3 is 35.6 Å². The standard InChI is InChI=1S/C42H52N4O9/c1-28(47)43-25-24-42(22-6-7-23-42)41(54)44-34(40(52)53)26-30-10-15-32(16-11-30)45-36(19-14-29-8-4-3-5-9-29)46(37(48)20-21-38(49)50)35(39(45)51)27-31-12-17-33(55-2)18-13-31/h3-5,8-13,15-18,34-36,38,49-50H,6-7,14,19-27H2,1-2H3,(H,43,47)(H,44,54)(H,52,53). The Labute approximate surface area is 321 Å². The van der Waals surface area contributed by atoms with Crippen LogP contribution in [0.3, 0.4) is 0 Å². The topological polar surface area (TPSA) is 186 Å². The van der Waals surface area contributed by atoms with E-state index in [-0.39, 0.29) is 49.3 Å². The summed E-state index contributed by atoms with van der Waals surface area (Å²) in [6.07, 6.45) is 1.81. The molecule has 5 rings (SSSR count). The number of ether oxygens (including phenoxy) is 1. The normalized spacial score (nSPS) is 18.3. The smallest absolute Gasteiger partial charge is 0.326 e. The molecule has 5 N–H and O–H groups in total. The third-order valence-corrected chi connectivity index (χ3v) is 10.8. The summed E-state index contributed by atoms with van der Waals surface area (Å²) >= 11 is 0. The summed E-state index contributed by atoms with van der Waals surface area (Å²) in [4.78, 5) is 69.1. The Morgan fingerprint density at radius 2 is 1.56 bits per heavy atom. The molecule has 2 aliphatic rings. The number of carbonyl (C=O) groups is 5. The van der Waals surface area contributed by atoms with Crippen LogP contribution < -0.4 is 20.3 Å². The van der Waals surface area contributed by atoms with Gasteiger partial charge in [-0.2, -0.15) is 0 Å². The molecule has 0 spiro atoms. The van der Waals surface area contributed by atoms with E-state index in [1.807, 2.05) is 42.5 Å². The van der Waals surface area contributed by atoms with Gasteiger partial charge in [-0.1, -0.05) is 67.4 Å². The molecule has 0 radical (unpaired) electrons. The van der Waals surface area contributed by atoms with E-state index in [2.05, 4.69) is 10.6 Å². The van der Waals surface area contributed by atoms with E-state index in [0.29, 0.717) is 55.6 Å². The number of aliphatic hydroxyl groups is 2. The van der Waals surface area contributed by atoms with Gasteiger partial charge in [0.05, 0.1) is 12.5 Å². The molecule has 1 aliphatic carbocycles. The molecule has 3 aromatic rings. The van der Waals surface area contributed by atoms with Crippen LogP contribution in [0.5, 0.6) is 5.75 Å². The van der Waals surface area contributed by atoms with E-state index in [9.17, 15) is 39.3 Å². The lowest BCUT2D eigenvalue weighted by molar-refractivity contribution is -0.144. The fourth-order valence-corrected chi connectivity index (χ4v) is 7.82. The largest absolute Gasteiger partial charge is 0.497 e. The number of rotatable bonds is 18. The number of methoxy groups -OCH3 is 1. The van der Waals surface area contributed by atoms with Gasteiger partial charge in [0.25, 0.3) is 5.91 Å². The van der Waals surface area contributed by atoms with Crippen molar-refractivity contribution in [3.63, 3.8) is 0 Å². The van der Waals surface area contributed by atoms with E-state index >= 15 is 0 Å². The molecule has 3 unspecified atom stereocenters. The molecule has 294 valence electrons. The quantitative estimate of drug-likeness (QED) is 0.121.